The lowest BCUT2D eigenvalue weighted by Crippen LogP contribution is -2.32. The molecule has 2 atom stereocenters. The Morgan fingerprint density at radius 3 is 2.86 bits per heavy atom. The highest BCUT2D eigenvalue weighted by Gasteiger charge is 2.32. The minimum atomic E-state index is -0.568. The lowest BCUT2D eigenvalue weighted by atomic mass is 10.3. The van der Waals surface area contributed by atoms with E-state index in [0.717, 1.165) is 16.1 Å². The Labute approximate surface area is 212 Å². The van der Waals surface area contributed by atoms with Gasteiger partial charge in [0.25, 0.3) is 0 Å². The second kappa shape index (κ2) is 10.7. The van der Waals surface area contributed by atoms with Crippen LogP contribution in [0.5, 0.6) is 0 Å². The maximum absolute atomic E-state index is 12.5. The van der Waals surface area contributed by atoms with Crippen molar-refractivity contribution in [3.8, 4) is 0 Å². The van der Waals surface area contributed by atoms with E-state index in [0.29, 0.717) is 42.2 Å². The van der Waals surface area contributed by atoms with Crippen LogP contribution in [0.3, 0.4) is 0 Å². The molecule has 5 rings (SSSR count). The molecule has 0 saturated carbocycles. The van der Waals surface area contributed by atoms with Gasteiger partial charge in [0.1, 0.15) is 5.52 Å². The summed E-state index contributed by atoms with van der Waals surface area (Å²) < 4.78 is 7.29. The first-order valence-corrected chi connectivity index (χ1v) is 12.5. The Morgan fingerprint density at radius 1 is 1.28 bits per heavy atom. The fourth-order valence-corrected chi connectivity index (χ4v) is 4.86. The number of hydrogen-bond acceptors (Lipinski definition) is 9. The number of ether oxygens (including phenoxy) is 1. The molecule has 4 heterocycles. The minimum absolute atomic E-state index is 0.134. The van der Waals surface area contributed by atoms with Gasteiger partial charge in [0, 0.05) is 48.2 Å². The smallest absolute Gasteiger partial charge is 0.238 e. The predicted molar refractivity (Wildman–Crippen MR) is 137 cm³/mol. The Morgan fingerprint density at radius 2 is 2.11 bits per heavy atom. The van der Waals surface area contributed by atoms with Gasteiger partial charge in [-0.25, -0.2) is 9.50 Å². The number of anilines is 3. The Kier molecular flexibility index (Phi) is 7.18. The number of aliphatic hydroxyl groups is 1. The van der Waals surface area contributed by atoms with E-state index in [-0.39, 0.29) is 18.6 Å². The summed E-state index contributed by atoms with van der Waals surface area (Å²) in [5.74, 6) is 1.21. The van der Waals surface area contributed by atoms with E-state index < -0.39 is 6.10 Å². The number of fused-ring (bicyclic) bond motifs is 1. The fourth-order valence-electron chi connectivity index (χ4n) is 4.11. The molecular weight excluding hydrogens is 480 g/mol. The topological polar surface area (TPSA) is 133 Å². The van der Waals surface area contributed by atoms with Crippen molar-refractivity contribution in [2.24, 2.45) is 0 Å². The van der Waals surface area contributed by atoms with Crippen LogP contribution in [0.25, 0.3) is 5.52 Å². The molecule has 0 spiro atoms. The minimum Gasteiger partial charge on any atom is -0.389 e. The summed E-state index contributed by atoms with van der Waals surface area (Å²) in [4.78, 5) is 20.0. The summed E-state index contributed by atoms with van der Waals surface area (Å²) in [5.41, 5.74) is 2.49. The highest BCUT2D eigenvalue weighted by Crippen LogP contribution is 2.29. The standard InChI is InChI=1S/C24H28N8O3S/c1-3-35-20-13-31(12-19(20)33)14-22(34)25-16-6-8-17(9-7-16)36-24-27-23(18-5-4-10-32(18)30-24)26-21-11-15(2)28-29-21/h4-11,19-20,33H,3,12-14H2,1-2H3,(H,25,34)(H2,26,27,28,29,30). The summed E-state index contributed by atoms with van der Waals surface area (Å²) in [6.07, 6.45) is 1.06. The van der Waals surface area contributed by atoms with Gasteiger partial charge < -0.3 is 20.5 Å². The van der Waals surface area contributed by atoms with E-state index in [1.807, 2.05) is 67.4 Å². The van der Waals surface area contributed by atoms with Gasteiger partial charge in [0.05, 0.1) is 18.8 Å². The lowest BCUT2D eigenvalue weighted by Gasteiger charge is -2.15. The average molecular weight is 509 g/mol. The van der Waals surface area contributed by atoms with E-state index in [2.05, 4.69) is 30.9 Å². The zero-order chi connectivity index (χ0) is 25.1. The van der Waals surface area contributed by atoms with Gasteiger partial charge in [-0.05, 0) is 62.0 Å². The van der Waals surface area contributed by atoms with E-state index in [9.17, 15) is 9.90 Å². The van der Waals surface area contributed by atoms with Crippen molar-refractivity contribution < 1.29 is 14.6 Å². The number of nitrogens with one attached hydrogen (secondary N) is 3. The molecule has 1 aliphatic rings. The highest BCUT2D eigenvalue weighted by molar-refractivity contribution is 7.99. The number of aromatic amines is 1. The molecule has 1 amide bonds. The van der Waals surface area contributed by atoms with E-state index in [1.54, 1.807) is 4.52 Å². The molecule has 1 saturated heterocycles. The molecule has 11 nitrogen and oxygen atoms in total. The fraction of sp³-hybridized carbons (Fsp3) is 0.333. The van der Waals surface area contributed by atoms with E-state index in [1.165, 1.54) is 11.8 Å². The number of carbonyl (C=O) groups is 1. The van der Waals surface area contributed by atoms with Gasteiger partial charge in [-0.3, -0.25) is 14.8 Å². The zero-order valence-electron chi connectivity index (χ0n) is 20.0. The molecule has 4 aromatic rings. The number of rotatable bonds is 9. The van der Waals surface area contributed by atoms with Crippen LogP contribution in [0.1, 0.15) is 12.6 Å². The number of aryl methyl sites for hydroxylation is 1. The van der Waals surface area contributed by atoms with Crippen LogP contribution >= 0.6 is 11.8 Å². The summed E-state index contributed by atoms with van der Waals surface area (Å²) >= 11 is 1.42. The van der Waals surface area contributed by atoms with Crippen LogP contribution in [0.15, 0.2) is 58.7 Å². The van der Waals surface area contributed by atoms with Crippen LogP contribution in [-0.2, 0) is 9.53 Å². The summed E-state index contributed by atoms with van der Waals surface area (Å²) in [5, 5.41) is 28.5. The molecule has 1 aliphatic heterocycles. The van der Waals surface area contributed by atoms with Crippen LogP contribution in [0, 0.1) is 6.92 Å². The van der Waals surface area contributed by atoms with Crippen LogP contribution in [-0.4, -0.2) is 79.2 Å². The number of hydrogen-bond donors (Lipinski definition) is 4. The van der Waals surface area contributed by atoms with Crippen molar-refractivity contribution >= 4 is 40.5 Å². The quantitative estimate of drug-likeness (QED) is 0.269. The largest absolute Gasteiger partial charge is 0.389 e. The Balaban J connectivity index is 1.21. The van der Waals surface area contributed by atoms with Crippen LogP contribution in [0.2, 0.25) is 0 Å². The Hall–Kier alpha value is -3.45. The summed E-state index contributed by atoms with van der Waals surface area (Å²) in [6, 6.07) is 13.3. The van der Waals surface area contributed by atoms with Crippen molar-refractivity contribution in [1.29, 1.82) is 0 Å². The number of nitrogens with zero attached hydrogens (tertiary/aromatic N) is 5. The number of benzene rings is 1. The molecule has 1 fully saturated rings. The van der Waals surface area contributed by atoms with Gasteiger partial charge in [-0.15, -0.1) is 5.10 Å². The highest BCUT2D eigenvalue weighted by atomic mass is 32.2. The number of β-amino-alcohol motifs (C(OH)–C–C–N with tert-alkyl or cyclic N) is 1. The third kappa shape index (κ3) is 5.68. The first kappa shape index (κ1) is 24.3. The van der Waals surface area contributed by atoms with Crippen molar-refractivity contribution in [2.75, 3.05) is 36.9 Å². The first-order valence-electron chi connectivity index (χ1n) is 11.7. The van der Waals surface area contributed by atoms with Crippen LogP contribution in [0.4, 0.5) is 17.3 Å². The van der Waals surface area contributed by atoms with Gasteiger partial charge in [0.2, 0.25) is 11.1 Å². The monoisotopic (exact) mass is 508 g/mol. The lowest BCUT2D eigenvalue weighted by molar-refractivity contribution is -0.117. The number of aliphatic hydroxyl groups excluding tert-OH is 1. The molecular formula is C24H28N8O3S. The van der Waals surface area contributed by atoms with Crippen molar-refractivity contribution in [3.63, 3.8) is 0 Å². The second-order valence-corrected chi connectivity index (χ2v) is 9.61. The van der Waals surface area contributed by atoms with Crippen molar-refractivity contribution in [2.45, 2.75) is 36.1 Å². The van der Waals surface area contributed by atoms with Crippen molar-refractivity contribution in [3.05, 3.63) is 54.4 Å². The van der Waals surface area contributed by atoms with E-state index >= 15 is 0 Å². The third-order valence-corrected chi connectivity index (χ3v) is 6.60. The summed E-state index contributed by atoms with van der Waals surface area (Å²) in [6.45, 7) is 5.54. The SMILES string of the molecule is CCOC1CN(CC(=O)Nc2ccc(Sc3nc(Nc4cc(C)[nH]n4)c4cccn4n3)cc2)CC1O. The number of carbonyl (C=O) groups excluding carboxylic acids is 1. The molecule has 36 heavy (non-hydrogen) atoms. The molecule has 1 aromatic carbocycles. The molecule has 2 unspecified atom stereocenters. The Bertz CT molecular complexity index is 1340. The van der Waals surface area contributed by atoms with Crippen molar-refractivity contribution in [1.82, 2.24) is 29.7 Å². The number of amides is 1. The summed E-state index contributed by atoms with van der Waals surface area (Å²) in [7, 11) is 0. The number of likely N-dealkylation sites (tertiary alicyclic amines) is 1. The molecule has 3 aromatic heterocycles. The number of aromatic nitrogens is 5. The van der Waals surface area contributed by atoms with Gasteiger partial charge in [-0.2, -0.15) is 5.10 Å². The molecule has 0 radical (unpaired) electrons. The predicted octanol–water partition coefficient (Wildman–Crippen LogP) is 2.68. The zero-order valence-corrected chi connectivity index (χ0v) is 20.8. The molecule has 12 heteroatoms. The number of H-pyrrole nitrogens is 1. The van der Waals surface area contributed by atoms with Gasteiger partial charge >= 0.3 is 0 Å². The second-order valence-electron chi connectivity index (χ2n) is 8.57. The van der Waals surface area contributed by atoms with Crippen LogP contribution < -0.4 is 10.6 Å². The first-order chi connectivity index (χ1) is 17.5. The normalized spacial score (nSPS) is 18.1. The maximum Gasteiger partial charge on any atom is 0.238 e. The third-order valence-electron chi connectivity index (χ3n) is 5.73. The average Bonchev–Trinajstić information content (AvgIpc) is 3.56. The molecule has 4 N–H and O–H groups in total. The molecule has 0 bridgehead atoms. The van der Waals surface area contributed by atoms with Gasteiger partial charge in [0.15, 0.2) is 11.6 Å². The maximum atomic E-state index is 12.5. The van der Waals surface area contributed by atoms with Gasteiger partial charge in [-0.1, -0.05) is 0 Å². The molecule has 0 aliphatic carbocycles. The molecule has 188 valence electrons. The van der Waals surface area contributed by atoms with E-state index in [4.69, 9.17) is 4.74 Å².